The summed E-state index contributed by atoms with van der Waals surface area (Å²) in [6.07, 6.45) is 1.73. The molecule has 2 rings (SSSR count). The Bertz CT molecular complexity index is 775. The number of hydroxylamine groups is 1. The Morgan fingerprint density at radius 1 is 1.03 bits per heavy atom. The number of carbonyl (C=O) groups is 1. The zero-order chi connectivity index (χ0) is 22.6. The van der Waals surface area contributed by atoms with Crippen molar-refractivity contribution >= 4 is 5.91 Å². The highest BCUT2D eigenvalue weighted by Gasteiger charge is 2.10. The quantitative estimate of drug-likeness (QED) is 0.371. The van der Waals surface area contributed by atoms with Gasteiger partial charge in [-0.05, 0) is 56.1 Å². The van der Waals surface area contributed by atoms with Crippen molar-refractivity contribution in [3.63, 3.8) is 0 Å². The summed E-state index contributed by atoms with van der Waals surface area (Å²) in [5.41, 5.74) is 6.91. The second-order valence-electron chi connectivity index (χ2n) is 8.23. The lowest BCUT2D eigenvalue weighted by molar-refractivity contribution is -0.140. The van der Waals surface area contributed by atoms with Crippen LogP contribution in [0.3, 0.4) is 0 Å². The van der Waals surface area contributed by atoms with Crippen molar-refractivity contribution in [3.05, 3.63) is 59.7 Å². The molecule has 0 heterocycles. The number of hydrogen-bond acceptors (Lipinski definition) is 5. The van der Waals surface area contributed by atoms with Crippen LogP contribution in [0.1, 0.15) is 49.8 Å². The minimum atomic E-state index is -0.530. The molecule has 0 aliphatic rings. The maximum absolute atomic E-state index is 11.8. The van der Waals surface area contributed by atoms with Crippen molar-refractivity contribution in [2.75, 3.05) is 27.8 Å². The highest BCUT2D eigenvalue weighted by molar-refractivity contribution is 5.74. The lowest BCUT2D eigenvalue weighted by Gasteiger charge is -2.13. The van der Waals surface area contributed by atoms with Crippen LogP contribution in [-0.2, 0) is 20.9 Å². The maximum Gasteiger partial charge on any atom is 0.243 e. The third-order valence-corrected chi connectivity index (χ3v) is 4.99. The van der Waals surface area contributed by atoms with Gasteiger partial charge in [-0.3, -0.25) is 9.63 Å². The monoisotopic (exact) mass is 428 g/mol. The van der Waals surface area contributed by atoms with Crippen LogP contribution in [0, 0.1) is 0 Å². The van der Waals surface area contributed by atoms with Crippen molar-refractivity contribution in [2.45, 2.75) is 51.4 Å². The first kappa shape index (κ1) is 25.0. The van der Waals surface area contributed by atoms with Gasteiger partial charge in [0, 0.05) is 20.1 Å². The van der Waals surface area contributed by atoms with Gasteiger partial charge >= 0.3 is 0 Å². The number of benzene rings is 2. The first-order valence-corrected chi connectivity index (χ1v) is 10.8. The number of nitrogens with one attached hydrogen (secondary N) is 1. The minimum Gasteiger partial charge on any atom is -0.388 e. The average molecular weight is 429 g/mol. The number of aliphatic hydroxyl groups excluding tert-OH is 1. The third kappa shape index (κ3) is 9.19. The number of unbranched alkanes of at least 4 members (excludes halogenated alkanes) is 1. The zero-order valence-electron chi connectivity index (χ0n) is 19.1. The molecule has 0 aromatic heterocycles. The Morgan fingerprint density at radius 3 is 2.23 bits per heavy atom. The second-order valence-corrected chi connectivity index (χ2v) is 8.23. The fourth-order valence-corrected chi connectivity index (χ4v) is 3.34. The summed E-state index contributed by atoms with van der Waals surface area (Å²) in [4.78, 5) is 19.1. The average Bonchev–Trinajstić information content (AvgIpc) is 2.75. The zero-order valence-corrected chi connectivity index (χ0v) is 19.1. The van der Waals surface area contributed by atoms with E-state index >= 15 is 0 Å². The van der Waals surface area contributed by atoms with Gasteiger partial charge in [-0.25, -0.2) is 5.48 Å². The predicted molar refractivity (Wildman–Crippen MR) is 123 cm³/mol. The molecule has 0 fully saturated rings. The van der Waals surface area contributed by atoms with Crippen molar-refractivity contribution in [1.82, 2.24) is 10.4 Å². The van der Waals surface area contributed by atoms with E-state index in [1.807, 2.05) is 31.2 Å². The van der Waals surface area contributed by atoms with Gasteiger partial charge < -0.3 is 14.7 Å². The molecule has 2 N–H and O–H groups in total. The highest BCUT2D eigenvalue weighted by atomic mass is 16.7. The van der Waals surface area contributed by atoms with Gasteiger partial charge in [-0.2, -0.15) is 0 Å². The van der Waals surface area contributed by atoms with Gasteiger partial charge in [0.15, 0.2) is 0 Å². The van der Waals surface area contributed by atoms with Gasteiger partial charge in [-0.1, -0.05) is 55.0 Å². The van der Waals surface area contributed by atoms with E-state index in [4.69, 9.17) is 9.57 Å². The number of rotatable bonds is 13. The van der Waals surface area contributed by atoms with E-state index in [1.165, 1.54) is 5.56 Å². The number of methoxy groups -OCH3 is 1. The Hall–Kier alpha value is -2.25. The second kappa shape index (κ2) is 13.2. The van der Waals surface area contributed by atoms with Crippen LogP contribution >= 0.6 is 0 Å². The number of hydrogen-bond donors (Lipinski definition) is 2. The van der Waals surface area contributed by atoms with Gasteiger partial charge in [-0.15, -0.1) is 0 Å². The third-order valence-electron chi connectivity index (χ3n) is 4.99. The van der Waals surface area contributed by atoms with E-state index in [9.17, 15) is 9.90 Å². The van der Waals surface area contributed by atoms with Gasteiger partial charge in [0.2, 0.25) is 5.91 Å². The summed E-state index contributed by atoms with van der Waals surface area (Å²) in [5.74, 6) is -0.154. The summed E-state index contributed by atoms with van der Waals surface area (Å²) < 4.78 is 4.95. The Balaban J connectivity index is 1.74. The topological polar surface area (TPSA) is 71.0 Å². The molecule has 0 saturated heterocycles. The number of amides is 1. The molecule has 6 nitrogen and oxygen atoms in total. The van der Waals surface area contributed by atoms with Crippen LogP contribution in [0.25, 0.3) is 11.1 Å². The Labute approximate surface area is 186 Å². The Kier molecular flexibility index (Phi) is 10.7. The number of aliphatic hydroxyl groups is 1. The lowest BCUT2D eigenvalue weighted by atomic mass is 9.98. The molecule has 2 atom stereocenters. The van der Waals surface area contributed by atoms with Crippen molar-refractivity contribution in [3.8, 4) is 11.1 Å². The van der Waals surface area contributed by atoms with E-state index in [2.05, 4.69) is 48.7 Å². The first-order chi connectivity index (χ1) is 14.9. The normalized spacial score (nSPS) is 13.2. The molecule has 0 bridgehead atoms. The van der Waals surface area contributed by atoms with Gasteiger partial charge in [0.05, 0.1) is 12.7 Å². The standard InChI is InChI=1S/C25H36N2O4/c1-19(18-30-4)31-26-25(29)8-6-5-7-24(28)23-15-13-22(14-16-23)21-11-9-20(10-12-21)17-27(2)3/h9-16,19,24,28H,5-8,17-18H2,1-4H3,(H,26,29)/t19-,24-/m1/s1. The lowest BCUT2D eigenvalue weighted by Crippen LogP contribution is -2.30. The van der Waals surface area contributed by atoms with Crippen molar-refractivity contribution < 1.29 is 19.5 Å². The van der Waals surface area contributed by atoms with Gasteiger partial charge in [0.1, 0.15) is 6.10 Å². The van der Waals surface area contributed by atoms with Crippen LogP contribution < -0.4 is 5.48 Å². The molecule has 0 unspecified atom stereocenters. The molecule has 0 aliphatic heterocycles. The van der Waals surface area contributed by atoms with Crippen molar-refractivity contribution in [1.29, 1.82) is 0 Å². The van der Waals surface area contributed by atoms with Crippen LogP contribution in [0.5, 0.6) is 0 Å². The molecule has 1 amide bonds. The molecule has 31 heavy (non-hydrogen) atoms. The molecule has 2 aromatic rings. The molecule has 170 valence electrons. The van der Waals surface area contributed by atoms with Crippen molar-refractivity contribution in [2.24, 2.45) is 0 Å². The van der Waals surface area contributed by atoms with E-state index in [0.29, 0.717) is 25.9 Å². The maximum atomic E-state index is 11.8. The van der Waals surface area contributed by atoms with E-state index in [1.54, 1.807) is 7.11 Å². The summed E-state index contributed by atoms with van der Waals surface area (Å²) in [6, 6.07) is 16.6. The van der Waals surface area contributed by atoms with Gasteiger partial charge in [0.25, 0.3) is 0 Å². The summed E-state index contributed by atoms with van der Waals surface area (Å²) >= 11 is 0. The summed E-state index contributed by atoms with van der Waals surface area (Å²) in [5, 5.41) is 10.5. The molecule has 6 heteroatoms. The summed E-state index contributed by atoms with van der Waals surface area (Å²) in [6.45, 7) is 3.17. The summed E-state index contributed by atoms with van der Waals surface area (Å²) in [7, 11) is 5.71. The van der Waals surface area contributed by atoms with Crippen LogP contribution in [-0.4, -0.2) is 49.8 Å². The minimum absolute atomic E-state index is 0.154. The first-order valence-electron chi connectivity index (χ1n) is 10.8. The van der Waals surface area contributed by atoms with Crippen LogP contribution in [0.2, 0.25) is 0 Å². The number of carbonyl (C=O) groups excluding carboxylic acids is 1. The van der Waals surface area contributed by atoms with E-state index in [0.717, 1.165) is 29.7 Å². The van der Waals surface area contributed by atoms with E-state index < -0.39 is 6.10 Å². The molecular weight excluding hydrogens is 392 g/mol. The molecule has 0 saturated carbocycles. The fraction of sp³-hybridized carbons (Fsp3) is 0.480. The molecule has 0 aliphatic carbocycles. The van der Waals surface area contributed by atoms with Crippen LogP contribution in [0.15, 0.2) is 48.5 Å². The molecule has 0 spiro atoms. The molecule has 2 aromatic carbocycles. The largest absolute Gasteiger partial charge is 0.388 e. The van der Waals surface area contributed by atoms with Crippen LogP contribution in [0.4, 0.5) is 0 Å². The number of nitrogens with zero attached hydrogens (tertiary/aromatic N) is 1. The SMILES string of the molecule is COC[C@@H](C)ONC(=O)CCCC[C@@H](O)c1ccc(-c2ccc(CN(C)C)cc2)cc1. The molecule has 0 radical (unpaired) electrons. The predicted octanol–water partition coefficient (Wildman–Crippen LogP) is 4.09. The molecular formula is C25H36N2O4. The number of ether oxygens (including phenoxy) is 1. The smallest absolute Gasteiger partial charge is 0.243 e. The highest BCUT2D eigenvalue weighted by Crippen LogP contribution is 2.25. The Morgan fingerprint density at radius 2 is 1.65 bits per heavy atom. The fourth-order valence-electron chi connectivity index (χ4n) is 3.34. The van der Waals surface area contributed by atoms with E-state index in [-0.39, 0.29) is 12.0 Å².